The zero-order valence-electron chi connectivity index (χ0n) is 9.71. The maximum absolute atomic E-state index is 10.7. The van der Waals surface area contributed by atoms with Crippen molar-refractivity contribution in [1.29, 1.82) is 0 Å². The second kappa shape index (κ2) is 5.88. The highest BCUT2D eigenvalue weighted by molar-refractivity contribution is 5.87. The van der Waals surface area contributed by atoms with Crippen LogP contribution >= 0.6 is 0 Å². The summed E-state index contributed by atoms with van der Waals surface area (Å²) in [4.78, 5) is 10.7. The van der Waals surface area contributed by atoms with Crippen LogP contribution < -0.4 is 5.32 Å². The van der Waals surface area contributed by atoms with E-state index in [1.165, 1.54) is 0 Å². The third-order valence-electron chi connectivity index (χ3n) is 2.46. The van der Waals surface area contributed by atoms with E-state index in [9.17, 15) is 4.79 Å². The van der Waals surface area contributed by atoms with Crippen molar-refractivity contribution in [2.24, 2.45) is 0 Å². The minimum Gasteiger partial charge on any atom is -0.478 e. The second-order valence-corrected chi connectivity index (χ2v) is 3.82. The number of aromatic carboxylic acids is 1. The standard InChI is InChI=1S/C13H13N3O2/c17-13(18)11-5-3-10(4-6-11)8-14-9-12-2-1-7-15-16-12/h1-7,14H,8-9H2,(H,17,18). The van der Waals surface area contributed by atoms with Crippen LogP contribution in [0.4, 0.5) is 0 Å². The van der Waals surface area contributed by atoms with Crippen LogP contribution in [0, 0.1) is 0 Å². The highest BCUT2D eigenvalue weighted by Crippen LogP contribution is 2.04. The molecule has 1 aromatic heterocycles. The fourth-order valence-corrected chi connectivity index (χ4v) is 1.53. The lowest BCUT2D eigenvalue weighted by atomic mass is 10.1. The molecule has 2 aromatic rings. The average Bonchev–Trinajstić information content (AvgIpc) is 2.40. The van der Waals surface area contributed by atoms with E-state index < -0.39 is 5.97 Å². The molecule has 2 rings (SSSR count). The van der Waals surface area contributed by atoms with E-state index in [-0.39, 0.29) is 0 Å². The van der Waals surface area contributed by atoms with E-state index in [0.29, 0.717) is 18.7 Å². The first kappa shape index (κ1) is 12.2. The molecule has 5 heteroatoms. The van der Waals surface area contributed by atoms with Gasteiger partial charge in [0.1, 0.15) is 0 Å². The molecule has 0 aliphatic heterocycles. The highest BCUT2D eigenvalue weighted by atomic mass is 16.4. The van der Waals surface area contributed by atoms with Crippen molar-refractivity contribution in [3.8, 4) is 0 Å². The summed E-state index contributed by atoms with van der Waals surface area (Å²) in [5.74, 6) is -0.908. The third kappa shape index (κ3) is 3.36. The number of rotatable bonds is 5. The van der Waals surface area contributed by atoms with Gasteiger partial charge in [-0.25, -0.2) is 4.79 Å². The Bertz CT molecular complexity index is 512. The smallest absolute Gasteiger partial charge is 0.335 e. The molecular formula is C13H13N3O2. The molecule has 1 heterocycles. The molecule has 0 aliphatic rings. The van der Waals surface area contributed by atoms with Gasteiger partial charge in [-0.3, -0.25) is 0 Å². The molecule has 2 N–H and O–H groups in total. The molecule has 0 atom stereocenters. The molecule has 0 spiro atoms. The molecule has 0 unspecified atom stereocenters. The Hall–Kier alpha value is -2.27. The molecule has 0 saturated carbocycles. The van der Waals surface area contributed by atoms with Gasteiger partial charge < -0.3 is 10.4 Å². The van der Waals surface area contributed by atoms with Crippen molar-refractivity contribution in [2.75, 3.05) is 0 Å². The van der Waals surface area contributed by atoms with Gasteiger partial charge in [0.2, 0.25) is 0 Å². The number of benzene rings is 1. The number of hydrogen-bond acceptors (Lipinski definition) is 4. The van der Waals surface area contributed by atoms with Crippen LogP contribution in [-0.2, 0) is 13.1 Å². The van der Waals surface area contributed by atoms with E-state index in [1.54, 1.807) is 30.5 Å². The van der Waals surface area contributed by atoms with Gasteiger partial charge in [-0.2, -0.15) is 10.2 Å². The molecule has 0 bridgehead atoms. The number of aromatic nitrogens is 2. The number of carboxylic acids is 1. The number of carboxylic acid groups (broad SMARTS) is 1. The number of nitrogens with one attached hydrogen (secondary N) is 1. The van der Waals surface area contributed by atoms with Gasteiger partial charge >= 0.3 is 5.97 Å². The van der Waals surface area contributed by atoms with Crippen LogP contribution in [-0.4, -0.2) is 21.3 Å². The molecule has 0 radical (unpaired) electrons. The minimum atomic E-state index is -0.908. The van der Waals surface area contributed by atoms with Gasteiger partial charge in [0.05, 0.1) is 11.3 Å². The lowest BCUT2D eigenvalue weighted by Crippen LogP contribution is -2.14. The first-order chi connectivity index (χ1) is 8.75. The van der Waals surface area contributed by atoms with Gasteiger partial charge in [0, 0.05) is 19.3 Å². The number of nitrogens with zero attached hydrogens (tertiary/aromatic N) is 2. The van der Waals surface area contributed by atoms with Crippen LogP contribution in [0.25, 0.3) is 0 Å². The van der Waals surface area contributed by atoms with Crippen molar-refractivity contribution in [3.05, 3.63) is 59.4 Å². The Labute approximate surface area is 104 Å². The third-order valence-corrected chi connectivity index (χ3v) is 2.46. The summed E-state index contributed by atoms with van der Waals surface area (Å²) < 4.78 is 0. The first-order valence-electron chi connectivity index (χ1n) is 5.55. The van der Waals surface area contributed by atoms with Gasteiger partial charge in [-0.15, -0.1) is 0 Å². The summed E-state index contributed by atoms with van der Waals surface area (Å²) in [6.07, 6.45) is 1.63. The molecule has 0 saturated heterocycles. The predicted molar refractivity (Wildman–Crippen MR) is 66.0 cm³/mol. The fourth-order valence-electron chi connectivity index (χ4n) is 1.53. The first-order valence-corrected chi connectivity index (χ1v) is 5.55. The van der Waals surface area contributed by atoms with Crippen LogP contribution in [0.3, 0.4) is 0 Å². The Balaban J connectivity index is 1.85. The van der Waals surface area contributed by atoms with Crippen molar-refractivity contribution < 1.29 is 9.90 Å². The molecule has 92 valence electrons. The summed E-state index contributed by atoms with van der Waals surface area (Å²) in [6, 6.07) is 10.5. The van der Waals surface area contributed by atoms with Crippen LogP contribution in [0.5, 0.6) is 0 Å². The van der Waals surface area contributed by atoms with E-state index in [1.807, 2.05) is 12.1 Å². The largest absolute Gasteiger partial charge is 0.478 e. The molecule has 5 nitrogen and oxygen atoms in total. The highest BCUT2D eigenvalue weighted by Gasteiger charge is 2.01. The number of carbonyl (C=O) groups is 1. The Morgan fingerprint density at radius 1 is 1.17 bits per heavy atom. The summed E-state index contributed by atoms with van der Waals surface area (Å²) in [7, 11) is 0. The van der Waals surface area contributed by atoms with Crippen molar-refractivity contribution in [3.63, 3.8) is 0 Å². The molecule has 1 aromatic carbocycles. The van der Waals surface area contributed by atoms with Crippen molar-refractivity contribution in [2.45, 2.75) is 13.1 Å². The number of hydrogen-bond donors (Lipinski definition) is 2. The van der Waals surface area contributed by atoms with Crippen LogP contribution in [0.15, 0.2) is 42.6 Å². The van der Waals surface area contributed by atoms with E-state index >= 15 is 0 Å². The maximum Gasteiger partial charge on any atom is 0.335 e. The summed E-state index contributed by atoms with van der Waals surface area (Å²) in [5.41, 5.74) is 2.20. The Kier molecular flexibility index (Phi) is 3.98. The quantitative estimate of drug-likeness (QED) is 0.831. The van der Waals surface area contributed by atoms with E-state index in [2.05, 4.69) is 15.5 Å². The average molecular weight is 243 g/mol. The minimum absolute atomic E-state index is 0.299. The molecule has 0 aliphatic carbocycles. The van der Waals surface area contributed by atoms with Crippen LogP contribution in [0.1, 0.15) is 21.6 Å². The fraction of sp³-hybridized carbons (Fsp3) is 0.154. The van der Waals surface area contributed by atoms with Gasteiger partial charge in [0.15, 0.2) is 0 Å². The van der Waals surface area contributed by atoms with Gasteiger partial charge in [-0.1, -0.05) is 12.1 Å². The van der Waals surface area contributed by atoms with Crippen molar-refractivity contribution in [1.82, 2.24) is 15.5 Å². The Morgan fingerprint density at radius 3 is 2.56 bits per heavy atom. The van der Waals surface area contributed by atoms with E-state index in [0.717, 1.165) is 11.3 Å². The molecule has 0 amide bonds. The summed E-state index contributed by atoms with van der Waals surface area (Å²) >= 11 is 0. The second-order valence-electron chi connectivity index (χ2n) is 3.82. The lowest BCUT2D eigenvalue weighted by molar-refractivity contribution is 0.0697. The maximum atomic E-state index is 10.7. The van der Waals surface area contributed by atoms with Gasteiger partial charge in [0.25, 0.3) is 0 Å². The molecule has 0 fully saturated rings. The monoisotopic (exact) mass is 243 g/mol. The summed E-state index contributed by atoms with van der Waals surface area (Å²) in [6.45, 7) is 1.30. The zero-order chi connectivity index (χ0) is 12.8. The Morgan fingerprint density at radius 2 is 1.94 bits per heavy atom. The summed E-state index contributed by atoms with van der Waals surface area (Å²) in [5, 5.41) is 19.7. The van der Waals surface area contributed by atoms with Gasteiger partial charge in [-0.05, 0) is 29.8 Å². The zero-order valence-corrected chi connectivity index (χ0v) is 9.71. The van der Waals surface area contributed by atoms with E-state index in [4.69, 9.17) is 5.11 Å². The lowest BCUT2D eigenvalue weighted by Gasteiger charge is -2.04. The normalized spacial score (nSPS) is 10.2. The van der Waals surface area contributed by atoms with Crippen molar-refractivity contribution >= 4 is 5.97 Å². The SMILES string of the molecule is O=C(O)c1ccc(CNCc2cccnn2)cc1. The molecular weight excluding hydrogens is 230 g/mol. The topological polar surface area (TPSA) is 75.1 Å². The van der Waals surface area contributed by atoms with Crippen LogP contribution in [0.2, 0.25) is 0 Å². The molecule has 18 heavy (non-hydrogen) atoms. The predicted octanol–water partition coefficient (Wildman–Crippen LogP) is 1.46.